The van der Waals surface area contributed by atoms with E-state index in [0.29, 0.717) is 6.54 Å². The van der Waals surface area contributed by atoms with Gasteiger partial charge in [0.25, 0.3) is 5.91 Å². The Kier molecular flexibility index (Phi) is 6.83. The van der Waals surface area contributed by atoms with E-state index in [4.69, 9.17) is 5.73 Å². The average molecular weight is 266 g/mol. The van der Waals surface area contributed by atoms with Crippen molar-refractivity contribution >= 4 is 17.7 Å². The zero-order valence-electron chi connectivity index (χ0n) is 11.2. The number of amides is 1. The first-order valence-corrected chi connectivity index (χ1v) is 7.69. The Morgan fingerprint density at radius 2 is 2.00 bits per heavy atom. The molecule has 0 fully saturated rings. The summed E-state index contributed by atoms with van der Waals surface area (Å²) < 4.78 is 0. The number of nitrogens with zero attached hydrogens (tertiary/aromatic N) is 1. The van der Waals surface area contributed by atoms with Gasteiger partial charge in [0.1, 0.15) is 0 Å². The number of thioether (sulfide) groups is 1. The highest BCUT2D eigenvalue weighted by Gasteiger charge is 2.13. The van der Waals surface area contributed by atoms with Gasteiger partial charge in [-0.25, -0.2) is 0 Å². The molecule has 0 saturated carbocycles. The van der Waals surface area contributed by atoms with E-state index in [9.17, 15) is 4.79 Å². The maximum Gasteiger partial charge on any atom is 0.253 e. The van der Waals surface area contributed by atoms with Gasteiger partial charge in [-0.1, -0.05) is 12.1 Å². The first-order chi connectivity index (χ1) is 8.72. The molecule has 0 radical (unpaired) electrons. The van der Waals surface area contributed by atoms with Crippen LogP contribution in [-0.2, 0) is 5.75 Å². The summed E-state index contributed by atoms with van der Waals surface area (Å²) in [5, 5.41) is 0. The lowest BCUT2D eigenvalue weighted by molar-refractivity contribution is 0.0763. The van der Waals surface area contributed by atoms with Gasteiger partial charge in [0, 0.05) is 24.4 Å². The zero-order chi connectivity index (χ0) is 13.4. The van der Waals surface area contributed by atoms with Gasteiger partial charge in [0.05, 0.1) is 0 Å². The molecule has 0 aliphatic rings. The monoisotopic (exact) mass is 266 g/mol. The van der Waals surface area contributed by atoms with Crippen LogP contribution in [0.25, 0.3) is 0 Å². The van der Waals surface area contributed by atoms with Gasteiger partial charge in [-0.2, -0.15) is 11.8 Å². The number of carbonyl (C=O) groups excluding carboxylic acids is 1. The fraction of sp³-hybridized carbons (Fsp3) is 0.500. The van der Waals surface area contributed by atoms with E-state index >= 15 is 0 Å². The Labute approximate surface area is 114 Å². The molecule has 0 atom stereocenters. The van der Waals surface area contributed by atoms with Crippen LogP contribution in [0.2, 0.25) is 0 Å². The lowest BCUT2D eigenvalue weighted by atomic mass is 10.1. The van der Waals surface area contributed by atoms with Crippen LogP contribution >= 0.6 is 11.8 Å². The van der Waals surface area contributed by atoms with Gasteiger partial charge in [-0.3, -0.25) is 4.79 Å². The van der Waals surface area contributed by atoms with Crippen LogP contribution in [0, 0.1) is 0 Å². The first kappa shape index (κ1) is 15.1. The van der Waals surface area contributed by atoms with Crippen LogP contribution in [0.15, 0.2) is 24.3 Å². The zero-order valence-corrected chi connectivity index (χ0v) is 12.0. The Balaban J connectivity index is 2.69. The summed E-state index contributed by atoms with van der Waals surface area (Å²) in [4.78, 5) is 14.1. The van der Waals surface area contributed by atoms with Crippen molar-refractivity contribution in [3.05, 3.63) is 35.4 Å². The Morgan fingerprint density at radius 3 is 2.50 bits per heavy atom. The summed E-state index contributed by atoms with van der Waals surface area (Å²) in [6, 6.07) is 7.89. The molecular weight excluding hydrogens is 244 g/mol. The molecule has 1 amide bonds. The molecule has 1 rings (SSSR count). The van der Waals surface area contributed by atoms with Gasteiger partial charge >= 0.3 is 0 Å². The molecule has 100 valence electrons. The normalized spacial score (nSPS) is 10.4. The maximum atomic E-state index is 12.2. The number of nitrogens with two attached hydrogens (primary N) is 1. The van der Waals surface area contributed by atoms with Crippen LogP contribution in [0.4, 0.5) is 0 Å². The van der Waals surface area contributed by atoms with Crippen molar-refractivity contribution in [2.24, 2.45) is 5.73 Å². The smallest absolute Gasteiger partial charge is 0.253 e. The molecule has 0 saturated heterocycles. The van der Waals surface area contributed by atoms with Crippen molar-refractivity contribution < 1.29 is 4.79 Å². The van der Waals surface area contributed by atoms with Crippen LogP contribution < -0.4 is 5.73 Å². The second-order valence-electron chi connectivity index (χ2n) is 4.16. The summed E-state index contributed by atoms with van der Waals surface area (Å²) in [7, 11) is 0. The number of rotatable bonds is 7. The van der Waals surface area contributed by atoms with Crippen molar-refractivity contribution in [3.63, 3.8) is 0 Å². The van der Waals surface area contributed by atoms with E-state index in [2.05, 4.69) is 6.26 Å². The van der Waals surface area contributed by atoms with Gasteiger partial charge in [-0.05, 0) is 43.8 Å². The summed E-state index contributed by atoms with van der Waals surface area (Å²) in [6.07, 6.45) is 2.93. The molecular formula is C14H22N2OS. The maximum absolute atomic E-state index is 12.2. The molecule has 0 spiro atoms. The molecule has 4 heteroatoms. The van der Waals surface area contributed by atoms with E-state index in [1.807, 2.05) is 36.1 Å². The highest BCUT2D eigenvalue weighted by Crippen LogP contribution is 2.12. The van der Waals surface area contributed by atoms with Crippen molar-refractivity contribution in [2.75, 3.05) is 25.9 Å². The van der Waals surface area contributed by atoms with Gasteiger partial charge < -0.3 is 10.6 Å². The van der Waals surface area contributed by atoms with E-state index in [0.717, 1.165) is 30.8 Å². The molecule has 2 N–H and O–H groups in total. The molecule has 1 aromatic rings. The van der Waals surface area contributed by atoms with E-state index in [-0.39, 0.29) is 5.91 Å². The molecule has 0 aliphatic heterocycles. The average Bonchev–Trinajstić information content (AvgIpc) is 2.40. The number of benzene rings is 1. The van der Waals surface area contributed by atoms with E-state index < -0.39 is 0 Å². The second kappa shape index (κ2) is 8.16. The van der Waals surface area contributed by atoms with Gasteiger partial charge in [0.2, 0.25) is 0 Å². The predicted molar refractivity (Wildman–Crippen MR) is 78.9 cm³/mol. The van der Waals surface area contributed by atoms with Crippen LogP contribution in [-0.4, -0.2) is 36.7 Å². The molecule has 0 heterocycles. The van der Waals surface area contributed by atoms with Crippen molar-refractivity contribution in [3.8, 4) is 0 Å². The number of hydrogen-bond acceptors (Lipinski definition) is 3. The fourth-order valence-corrected chi connectivity index (χ4v) is 2.30. The minimum Gasteiger partial charge on any atom is -0.339 e. The predicted octanol–water partition coefficient (Wildman–Crippen LogP) is 2.36. The third-order valence-corrected chi connectivity index (χ3v) is 3.43. The van der Waals surface area contributed by atoms with Crippen LogP contribution in [0.5, 0.6) is 0 Å². The van der Waals surface area contributed by atoms with Crippen molar-refractivity contribution in [2.45, 2.75) is 19.1 Å². The fourth-order valence-electron chi connectivity index (χ4n) is 1.78. The minimum atomic E-state index is 0.0988. The lowest BCUT2D eigenvalue weighted by Gasteiger charge is -2.20. The van der Waals surface area contributed by atoms with E-state index in [1.54, 1.807) is 11.8 Å². The largest absolute Gasteiger partial charge is 0.339 e. The molecule has 0 unspecified atom stereocenters. The summed E-state index contributed by atoms with van der Waals surface area (Å²) in [5.41, 5.74) is 7.50. The third-order valence-electron chi connectivity index (χ3n) is 2.81. The highest BCUT2D eigenvalue weighted by molar-refractivity contribution is 7.97. The standard InChI is InChI=1S/C14H22N2OS/c1-3-16(10-4-9-15)14(17)13-7-5-12(6-8-13)11-18-2/h5-8H,3-4,9-11,15H2,1-2H3. The topological polar surface area (TPSA) is 46.3 Å². The Hall–Kier alpha value is -1.00. The Morgan fingerprint density at radius 1 is 1.33 bits per heavy atom. The molecule has 18 heavy (non-hydrogen) atoms. The van der Waals surface area contributed by atoms with Gasteiger partial charge in [0.15, 0.2) is 0 Å². The Bertz CT molecular complexity index is 365. The quantitative estimate of drug-likeness (QED) is 0.824. The second-order valence-corrected chi connectivity index (χ2v) is 5.02. The lowest BCUT2D eigenvalue weighted by Crippen LogP contribution is -2.32. The number of carbonyl (C=O) groups is 1. The first-order valence-electron chi connectivity index (χ1n) is 6.30. The summed E-state index contributed by atoms with van der Waals surface area (Å²) in [6.45, 7) is 4.08. The van der Waals surface area contributed by atoms with E-state index in [1.165, 1.54) is 5.56 Å². The summed E-state index contributed by atoms with van der Waals surface area (Å²) in [5.74, 6) is 1.08. The molecule has 1 aromatic carbocycles. The van der Waals surface area contributed by atoms with Gasteiger partial charge in [-0.15, -0.1) is 0 Å². The highest BCUT2D eigenvalue weighted by atomic mass is 32.2. The third kappa shape index (κ3) is 4.35. The minimum absolute atomic E-state index is 0.0988. The van der Waals surface area contributed by atoms with Crippen LogP contribution in [0.1, 0.15) is 29.3 Å². The summed E-state index contributed by atoms with van der Waals surface area (Å²) >= 11 is 1.78. The number of hydrogen-bond donors (Lipinski definition) is 1. The molecule has 0 bridgehead atoms. The molecule has 0 aromatic heterocycles. The SMILES string of the molecule is CCN(CCCN)C(=O)c1ccc(CSC)cc1. The van der Waals surface area contributed by atoms with Crippen molar-refractivity contribution in [1.29, 1.82) is 0 Å². The van der Waals surface area contributed by atoms with Crippen LogP contribution in [0.3, 0.4) is 0 Å². The van der Waals surface area contributed by atoms with Crippen molar-refractivity contribution in [1.82, 2.24) is 4.90 Å². The molecule has 0 aliphatic carbocycles. The molecule has 3 nitrogen and oxygen atoms in total.